The molecule has 0 aliphatic heterocycles. The standard InChI is InChI=1S/C58H110O6/c1-4-7-10-13-16-19-22-25-27-28-29-31-33-36-39-42-45-48-51-57(60)63-54-55(53-62-56(59)50-47-44-41-38-35-32-24-21-18-15-12-9-6-3)64-58(61)52-49-46-43-40-37-34-30-26-23-20-17-14-11-8-5-2/h26,30,55H,4-25,27-29,31-54H2,1-3H3/b30-26-/t55-/m1/s1. The van der Waals surface area contributed by atoms with Crippen LogP contribution in [0.3, 0.4) is 0 Å². The van der Waals surface area contributed by atoms with Crippen molar-refractivity contribution < 1.29 is 28.6 Å². The molecule has 0 aromatic carbocycles. The molecule has 0 saturated heterocycles. The van der Waals surface area contributed by atoms with Gasteiger partial charge in [-0.3, -0.25) is 14.4 Å². The first kappa shape index (κ1) is 62.1. The van der Waals surface area contributed by atoms with Gasteiger partial charge in [0.2, 0.25) is 0 Å². The summed E-state index contributed by atoms with van der Waals surface area (Å²) in [6, 6.07) is 0. The smallest absolute Gasteiger partial charge is 0.306 e. The van der Waals surface area contributed by atoms with E-state index in [0.717, 1.165) is 64.2 Å². The molecule has 1 atom stereocenters. The van der Waals surface area contributed by atoms with Crippen LogP contribution in [0.2, 0.25) is 0 Å². The van der Waals surface area contributed by atoms with E-state index in [1.807, 2.05) is 0 Å². The molecule has 0 bridgehead atoms. The second-order valence-corrected chi connectivity index (χ2v) is 19.6. The predicted molar refractivity (Wildman–Crippen MR) is 275 cm³/mol. The molecule has 0 aromatic heterocycles. The van der Waals surface area contributed by atoms with E-state index in [0.29, 0.717) is 19.3 Å². The fourth-order valence-electron chi connectivity index (χ4n) is 8.68. The molecule has 0 rings (SSSR count). The molecule has 0 saturated carbocycles. The van der Waals surface area contributed by atoms with Gasteiger partial charge in [0, 0.05) is 19.3 Å². The third-order valence-electron chi connectivity index (χ3n) is 13.0. The summed E-state index contributed by atoms with van der Waals surface area (Å²) < 4.78 is 16.9. The van der Waals surface area contributed by atoms with E-state index in [4.69, 9.17) is 14.2 Å². The largest absolute Gasteiger partial charge is 0.462 e. The summed E-state index contributed by atoms with van der Waals surface area (Å²) in [6.07, 6.45) is 60.5. The van der Waals surface area contributed by atoms with Gasteiger partial charge in [-0.2, -0.15) is 0 Å². The lowest BCUT2D eigenvalue weighted by molar-refractivity contribution is -0.167. The van der Waals surface area contributed by atoms with E-state index in [1.54, 1.807) is 0 Å². The molecule has 0 N–H and O–H groups in total. The monoisotopic (exact) mass is 903 g/mol. The lowest BCUT2D eigenvalue weighted by Crippen LogP contribution is -2.30. The summed E-state index contributed by atoms with van der Waals surface area (Å²) in [7, 11) is 0. The molecule has 0 heterocycles. The molecule has 0 amide bonds. The highest BCUT2D eigenvalue weighted by atomic mass is 16.6. The summed E-state index contributed by atoms with van der Waals surface area (Å²) in [4.78, 5) is 38.1. The number of carbonyl (C=O) groups is 3. The number of hydrogen-bond acceptors (Lipinski definition) is 6. The Morgan fingerprint density at radius 1 is 0.297 bits per heavy atom. The summed E-state index contributed by atoms with van der Waals surface area (Å²) in [6.45, 7) is 6.68. The van der Waals surface area contributed by atoms with Crippen molar-refractivity contribution in [3.63, 3.8) is 0 Å². The minimum Gasteiger partial charge on any atom is -0.462 e. The first-order chi connectivity index (χ1) is 31.5. The highest BCUT2D eigenvalue weighted by Gasteiger charge is 2.19. The maximum absolute atomic E-state index is 12.8. The van der Waals surface area contributed by atoms with Gasteiger partial charge in [-0.25, -0.2) is 0 Å². The van der Waals surface area contributed by atoms with Gasteiger partial charge in [0.25, 0.3) is 0 Å². The number of esters is 3. The maximum Gasteiger partial charge on any atom is 0.306 e. The zero-order valence-electron chi connectivity index (χ0n) is 43.3. The van der Waals surface area contributed by atoms with Gasteiger partial charge in [-0.05, 0) is 44.9 Å². The Bertz CT molecular complexity index is 993. The van der Waals surface area contributed by atoms with Gasteiger partial charge in [-0.1, -0.05) is 270 Å². The summed E-state index contributed by atoms with van der Waals surface area (Å²) >= 11 is 0. The predicted octanol–water partition coefficient (Wildman–Crippen LogP) is 18.9. The average molecular weight is 904 g/mol. The Labute approximate surface area is 399 Å². The number of unbranched alkanes of at least 4 members (excludes halogenated alkanes) is 40. The summed E-state index contributed by atoms with van der Waals surface area (Å²) in [5.41, 5.74) is 0. The van der Waals surface area contributed by atoms with Crippen LogP contribution in [-0.4, -0.2) is 37.2 Å². The second kappa shape index (κ2) is 53.8. The second-order valence-electron chi connectivity index (χ2n) is 19.6. The highest BCUT2D eigenvalue weighted by Crippen LogP contribution is 2.17. The zero-order chi connectivity index (χ0) is 46.5. The lowest BCUT2D eigenvalue weighted by Gasteiger charge is -2.18. The summed E-state index contributed by atoms with van der Waals surface area (Å²) in [5, 5.41) is 0. The van der Waals surface area contributed by atoms with Gasteiger partial charge in [0.1, 0.15) is 13.2 Å². The normalized spacial score (nSPS) is 12.0. The molecule has 0 aliphatic carbocycles. The van der Waals surface area contributed by atoms with Crippen LogP contribution in [0.4, 0.5) is 0 Å². The van der Waals surface area contributed by atoms with E-state index in [1.165, 1.54) is 218 Å². The Hall–Kier alpha value is -1.85. The molecular weight excluding hydrogens is 793 g/mol. The minimum atomic E-state index is -0.768. The van der Waals surface area contributed by atoms with Gasteiger partial charge < -0.3 is 14.2 Å². The molecule has 6 heteroatoms. The first-order valence-corrected chi connectivity index (χ1v) is 28.7. The van der Waals surface area contributed by atoms with Crippen LogP contribution >= 0.6 is 0 Å². The van der Waals surface area contributed by atoms with Gasteiger partial charge in [0.15, 0.2) is 6.10 Å². The van der Waals surface area contributed by atoms with Crippen LogP contribution in [-0.2, 0) is 28.6 Å². The topological polar surface area (TPSA) is 78.9 Å². The van der Waals surface area contributed by atoms with Crippen LogP contribution in [0, 0.1) is 0 Å². The van der Waals surface area contributed by atoms with Crippen molar-refractivity contribution >= 4 is 17.9 Å². The molecule has 0 fully saturated rings. The van der Waals surface area contributed by atoms with Crippen LogP contribution in [0.15, 0.2) is 12.2 Å². The molecule has 64 heavy (non-hydrogen) atoms. The van der Waals surface area contributed by atoms with E-state index in [2.05, 4.69) is 32.9 Å². The molecule has 6 nitrogen and oxygen atoms in total. The highest BCUT2D eigenvalue weighted by molar-refractivity contribution is 5.71. The molecule has 0 unspecified atom stereocenters. The lowest BCUT2D eigenvalue weighted by atomic mass is 10.0. The van der Waals surface area contributed by atoms with Crippen molar-refractivity contribution in [1.29, 1.82) is 0 Å². The first-order valence-electron chi connectivity index (χ1n) is 28.7. The van der Waals surface area contributed by atoms with Crippen molar-refractivity contribution in [2.24, 2.45) is 0 Å². The SMILES string of the molecule is CCCCCCCC/C=C\CCCCCCCC(=O)O[C@H](COC(=O)CCCCCCCCCCCCCCC)COC(=O)CCCCCCCCCCCCCCCCCCCC. The quantitative estimate of drug-likeness (QED) is 0.0262. The Morgan fingerprint density at radius 3 is 0.781 bits per heavy atom. The van der Waals surface area contributed by atoms with Crippen LogP contribution < -0.4 is 0 Å². The molecule has 0 aromatic rings. The van der Waals surface area contributed by atoms with Crippen molar-refractivity contribution in [3.8, 4) is 0 Å². The van der Waals surface area contributed by atoms with Gasteiger partial charge >= 0.3 is 17.9 Å². The van der Waals surface area contributed by atoms with Crippen LogP contribution in [0.5, 0.6) is 0 Å². The molecule has 0 aliphatic rings. The van der Waals surface area contributed by atoms with Crippen molar-refractivity contribution in [2.75, 3.05) is 13.2 Å². The minimum absolute atomic E-state index is 0.0674. The average Bonchev–Trinajstić information content (AvgIpc) is 3.29. The van der Waals surface area contributed by atoms with E-state index in [9.17, 15) is 14.4 Å². The number of ether oxygens (including phenoxy) is 3. The van der Waals surface area contributed by atoms with E-state index >= 15 is 0 Å². The number of rotatable bonds is 53. The Balaban J connectivity index is 4.30. The van der Waals surface area contributed by atoms with Gasteiger partial charge in [0.05, 0.1) is 0 Å². The number of allylic oxidation sites excluding steroid dienone is 2. The van der Waals surface area contributed by atoms with E-state index in [-0.39, 0.29) is 31.1 Å². The van der Waals surface area contributed by atoms with Crippen molar-refractivity contribution in [1.82, 2.24) is 0 Å². The molecular formula is C58H110O6. The summed E-state index contributed by atoms with van der Waals surface area (Å²) in [5.74, 6) is -0.852. The molecule has 0 radical (unpaired) electrons. The van der Waals surface area contributed by atoms with E-state index < -0.39 is 6.10 Å². The Kier molecular flexibility index (Phi) is 52.2. The van der Waals surface area contributed by atoms with Crippen molar-refractivity contribution in [2.45, 2.75) is 329 Å². The molecule has 0 spiro atoms. The third-order valence-corrected chi connectivity index (χ3v) is 13.0. The Morgan fingerprint density at radius 2 is 0.516 bits per heavy atom. The zero-order valence-corrected chi connectivity index (χ0v) is 43.3. The van der Waals surface area contributed by atoms with Crippen LogP contribution in [0.25, 0.3) is 0 Å². The third kappa shape index (κ3) is 51.1. The van der Waals surface area contributed by atoms with Crippen molar-refractivity contribution in [3.05, 3.63) is 12.2 Å². The number of hydrogen-bond donors (Lipinski definition) is 0. The molecule has 378 valence electrons. The van der Waals surface area contributed by atoms with Gasteiger partial charge in [-0.15, -0.1) is 0 Å². The fourth-order valence-corrected chi connectivity index (χ4v) is 8.68. The van der Waals surface area contributed by atoms with Crippen LogP contribution in [0.1, 0.15) is 323 Å². The maximum atomic E-state index is 12.8. The fraction of sp³-hybridized carbons (Fsp3) is 0.914. The number of carbonyl (C=O) groups excluding carboxylic acids is 3.